The molecule has 56 valence electrons. The molecule has 1 saturated heterocycles. The Kier molecular flexibility index (Phi) is 1.49. The Morgan fingerprint density at radius 1 is 0.900 bits per heavy atom. The third kappa shape index (κ3) is 0.745. The van der Waals surface area contributed by atoms with Gasteiger partial charge in [-0.3, -0.25) is 0 Å². The van der Waals surface area contributed by atoms with Crippen LogP contribution < -0.4 is 0 Å². The van der Waals surface area contributed by atoms with Crippen LogP contribution in [-0.4, -0.2) is 10.5 Å². The van der Waals surface area contributed by atoms with E-state index in [1.807, 2.05) is 9.83 Å². The summed E-state index contributed by atoms with van der Waals surface area (Å²) in [4.78, 5) is 0. The van der Waals surface area contributed by atoms with Crippen molar-refractivity contribution in [3.8, 4) is 0 Å². The predicted octanol–water partition coefficient (Wildman–Crippen LogP) is 3.20. The molecule has 2 unspecified atom stereocenters. The summed E-state index contributed by atoms with van der Waals surface area (Å²) in [6.45, 7) is 0. The molecular weight excluding hydrogens is 180 g/mol. The fourth-order valence-electron chi connectivity index (χ4n) is 2.57. The van der Waals surface area contributed by atoms with E-state index >= 15 is 0 Å². The second-order valence-electron chi connectivity index (χ2n) is 3.52. The number of hydrogen-bond acceptors (Lipinski definition) is 3. The lowest BCUT2D eigenvalue weighted by Crippen LogP contribution is -2.22. The Hall–Kier alpha value is 1.05. The lowest BCUT2D eigenvalue weighted by Gasteiger charge is -2.20. The summed E-state index contributed by atoms with van der Waals surface area (Å²) >= 11 is 0. The van der Waals surface area contributed by atoms with Crippen molar-refractivity contribution in [2.75, 3.05) is 0 Å². The molecule has 4 atom stereocenters. The van der Waals surface area contributed by atoms with Gasteiger partial charge in [-0.25, -0.2) is 0 Å². The molecule has 1 aliphatic heterocycles. The van der Waals surface area contributed by atoms with Gasteiger partial charge in [0.2, 0.25) is 0 Å². The molecule has 1 heterocycles. The summed E-state index contributed by atoms with van der Waals surface area (Å²) in [6.07, 6.45) is 4.65. The zero-order valence-corrected chi connectivity index (χ0v) is 8.10. The van der Waals surface area contributed by atoms with E-state index in [2.05, 4.69) is 21.6 Å². The van der Waals surface area contributed by atoms with Crippen molar-refractivity contribution < 1.29 is 0 Å². The first kappa shape index (κ1) is 6.55. The summed E-state index contributed by atoms with van der Waals surface area (Å²) in [5.41, 5.74) is 0. The molecule has 0 aromatic rings. The standard InChI is InChI=1S/C7H10S3/c1-2-5-3-4(1)6-7(5)9-10-8-6/h4-7H,1-3H2/t4-,5+,6?,7?. The van der Waals surface area contributed by atoms with E-state index in [1.54, 1.807) is 19.3 Å². The average molecular weight is 190 g/mol. The quantitative estimate of drug-likeness (QED) is 0.538. The molecule has 3 rings (SSSR count). The van der Waals surface area contributed by atoms with Crippen molar-refractivity contribution in [2.24, 2.45) is 11.8 Å². The van der Waals surface area contributed by atoms with Gasteiger partial charge in [0.05, 0.1) is 0 Å². The summed E-state index contributed by atoms with van der Waals surface area (Å²) in [5.74, 6) is 2.23. The fourth-order valence-corrected chi connectivity index (χ4v) is 9.40. The molecule has 3 aliphatic rings. The molecule has 0 spiro atoms. The second kappa shape index (κ2) is 2.27. The third-order valence-electron chi connectivity index (χ3n) is 3.07. The van der Waals surface area contributed by atoms with Gasteiger partial charge < -0.3 is 0 Å². The van der Waals surface area contributed by atoms with E-state index in [0.29, 0.717) is 0 Å². The van der Waals surface area contributed by atoms with E-state index in [0.717, 1.165) is 22.3 Å². The van der Waals surface area contributed by atoms with Gasteiger partial charge in [-0.15, -0.1) is 0 Å². The largest absolute Gasteiger partial charge is 0.0776 e. The van der Waals surface area contributed by atoms with E-state index in [9.17, 15) is 0 Å². The van der Waals surface area contributed by atoms with E-state index < -0.39 is 0 Å². The molecular formula is C7H10S3. The highest BCUT2D eigenvalue weighted by atomic mass is 33.5. The van der Waals surface area contributed by atoms with Crippen LogP contribution in [0.5, 0.6) is 0 Å². The van der Waals surface area contributed by atoms with Crippen LogP contribution in [0.1, 0.15) is 19.3 Å². The first-order chi connectivity index (χ1) is 4.95. The first-order valence-electron chi connectivity index (χ1n) is 3.94. The van der Waals surface area contributed by atoms with Crippen LogP contribution in [0.3, 0.4) is 0 Å². The highest BCUT2D eigenvalue weighted by Crippen LogP contribution is 2.65. The van der Waals surface area contributed by atoms with Crippen LogP contribution >= 0.6 is 31.4 Å². The number of hydrogen-bond donors (Lipinski definition) is 0. The predicted molar refractivity (Wildman–Crippen MR) is 51.2 cm³/mol. The lowest BCUT2D eigenvalue weighted by atomic mass is 10.00. The normalized spacial score (nSPS) is 57.6. The summed E-state index contributed by atoms with van der Waals surface area (Å²) in [7, 11) is 6.36. The Balaban J connectivity index is 1.92. The van der Waals surface area contributed by atoms with E-state index in [4.69, 9.17) is 0 Å². The van der Waals surface area contributed by atoms with Crippen LogP contribution in [0, 0.1) is 11.8 Å². The molecule has 0 radical (unpaired) electrons. The van der Waals surface area contributed by atoms with Gasteiger partial charge in [-0.05, 0) is 40.9 Å². The van der Waals surface area contributed by atoms with Crippen LogP contribution in [0.15, 0.2) is 0 Å². The van der Waals surface area contributed by atoms with E-state index in [1.165, 1.54) is 0 Å². The average Bonchev–Trinajstić information content (AvgIpc) is 2.60. The van der Waals surface area contributed by atoms with Gasteiger partial charge in [0.1, 0.15) is 0 Å². The van der Waals surface area contributed by atoms with Crippen molar-refractivity contribution in [1.82, 2.24) is 0 Å². The SMILES string of the molecule is C1C[C@H]2C[C@@H]1C1SSSC12. The van der Waals surface area contributed by atoms with Crippen molar-refractivity contribution in [3.63, 3.8) is 0 Å². The molecule has 2 aliphatic carbocycles. The van der Waals surface area contributed by atoms with Crippen LogP contribution in [0.4, 0.5) is 0 Å². The Morgan fingerprint density at radius 3 is 2.10 bits per heavy atom. The van der Waals surface area contributed by atoms with Crippen LogP contribution in [0.25, 0.3) is 0 Å². The second-order valence-corrected chi connectivity index (χ2v) is 7.92. The maximum Gasteiger partial charge on any atom is 0.0318 e. The van der Waals surface area contributed by atoms with Gasteiger partial charge in [0, 0.05) is 10.5 Å². The van der Waals surface area contributed by atoms with Crippen molar-refractivity contribution in [2.45, 2.75) is 29.8 Å². The molecule has 10 heavy (non-hydrogen) atoms. The highest BCUT2D eigenvalue weighted by molar-refractivity contribution is 9.11. The molecule has 0 N–H and O–H groups in total. The molecule has 3 fully saturated rings. The van der Waals surface area contributed by atoms with Gasteiger partial charge in [-0.1, -0.05) is 21.6 Å². The molecule has 3 heteroatoms. The summed E-state index contributed by atoms with van der Waals surface area (Å²) < 4.78 is 0. The first-order valence-corrected chi connectivity index (χ1v) is 7.55. The number of rotatable bonds is 0. The Morgan fingerprint density at radius 2 is 1.50 bits per heavy atom. The fraction of sp³-hybridized carbons (Fsp3) is 1.00. The van der Waals surface area contributed by atoms with Crippen molar-refractivity contribution in [3.05, 3.63) is 0 Å². The minimum absolute atomic E-state index is 1.05. The maximum atomic E-state index is 2.16. The van der Waals surface area contributed by atoms with E-state index in [-0.39, 0.29) is 0 Å². The summed E-state index contributed by atoms with van der Waals surface area (Å²) in [6, 6.07) is 0. The topological polar surface area (TPSA) is 0 Å². The van der Waals surface area contributed by atoms with Gasteiger partial charge in [0.25, 0.3) is 0 Å². The Labute approximate surface area is 73.1 Å². The van der Waals surface area contributed by atoms with Crippen LogP contribution in [0.2, 0.25) is 0 Å². The molecule has 0 aromatic heterocycles. The zero-order chi connectivity index (χ0) is 6.55. The summed E-state index contributed by atoms with van der Waals surface area (Å²) in [5, 5.41) is 2.10. The number of fused-ring (bicyclic) bond motifs is 5. The third-order valence-corrected chi connectivity index (χ3v) is 8.42. The van der Waals surface area contributed by atoms with Crippen LogP contribution in [-0.2, 0) is 0 Å². The van der Waals surface area contributed by atoms with Crippen molar-refractivity contribution >= 4 is 31.4 Å². The van der Waals surface area contributed by atoms with Gasteiger partial charge >= 0.3 is 0 Å². The molecule has 0 aromatic carbocycles. The minimum atomic E-state index is 1.05. The van der Waals surface area contributed by atoms with Gasteiger partial charge in [-0.2, -0.15) is 0 Å². The molecule has 2 bridgehead atoms. The molecule has 0 amide bonds. The zero-order valence-electron chi connectivity index (χ0n) is 5.66. The van der Waals surface area contributed by atoms with Crippen molar-refractivity contribution in [1.29, 1.82) is 0 Å². The molecule has 2 saturated carbocycles. The monoisotopic (exact) mass is 190 g/mol. The smallest absolute Gasteiger partial charge is 0.0318 e. The maximum absolute atomic E-state index is 2.16. The van der Waals surface area contributed by atoms with Gasteiger partial charge in [0.15, 0.2) is 0 Å². The minimum Gasteiger partial charge on any atom is -0.0776 e. The Bertz CT molecular complexity index is 143. The molecule has 0 nitrogen and oxygen atoms in total. The lowest BCUT2D eigenvalue weighted by molar-refractivity contribution is 0.508. The highest BCUT2D eigenvalue weighted by Gasteiger charge is 2.51.